The van der Waals surface area contributed by atoms with Crippen molar-refractivity contribution in [3.63, 3.8) is 0 Å². The van der Waals surface area contributed by atoms with Gasteiger partial charge in [0.25, 0.3) is 5.56 Å². The Labute approximate surface area is 186 Å². The Hall–Kier alpha value is -3.45. The topological polar surface area (TPSA) is 90.3 Å². The number of hydrogen-bond donors (Lipinski definition) is 1. The Kier molecular flexibility index (Phi) is 6.10. The van der Waals surface area contributed by atoms with Gasteiger partial charge in [0.05, 0.1) is 13.1 Å². The number of ketones is 1. The molecular formula is C25H28N4O3. The summed E-state index contributed by atoms with van der Waals surface area (Å²) in [6.07, 6.45) is 3.03. The number of rotatable bonds is 6. The number of Topliss-reactive ketones (excluding diaryl/α,β-unsaturated/α-hetero) is 1. The molecule has 7 heteroatoms. The Morgan fingerprint density at radius 2 is 1.78 bits per heavy atom. The average molecular weight is 433 g/mol. The molecule has 1 aliphatic rings. The largest absolute Gasteiger partial charge is 0.384 e. The van der Waals surface area contributed by atoms with Crippen LogP contribution in [0.4, 0.5) is 5.82 Å². The highest BCUT2D eigenvalue weighted by Gasteiger charge is 2.28. The standard InChI is InChI=1S/C25H28N4O3/c1-27(20-14-8-12-18-11-6-7-13-19(18)20)16-21(30)22-23(26)29(25(32)28(2)24(22)31)15-17-9-4-3-5-10-17/h3-7,9-11,13,20H,8,12,14-16,26H2,1-2H3. The first-order valence-corrected chi connectivity index (χ1v) is 10.8. The van der Waals surface area contributed by atoms with Crippen molar-refractivity contribution in [3.05, 3.63) is 97.7 Å². The summed E-state index contributed by atoms with van der Waals surface area (Å²) in [6, 6.07) is 17.7. The second kappa shape index (κ2) is 8.96. The minimum absolute atomic E-state index is 0.0436. The monoisotopic (exact) mass is 432 g/mol. The van der Waals surface area contributed by atoms with E-state index < -0.39 is 11.2 Å². The third kappa shape index (κ3) is 4.03. The van der Waals surface area contributed by atoms with Crippen LogP contribution < -0.4 is 17.0 Å². The van der Waals surface area contributed by atoms with Gasteiger partial charge in [-0.05, 0) is 43.0 Å². The zero-order valence-electron chi connectivity index (χ0n) is 18.5. The molecule has 1 unspecified atom stereocenters. The van der Waals surface area contributed by atoms with Crippen molar-refractivity contribution in [2.75, 3.05) is 19.3 Å². The van der Waals surface area contributed by atoms with Crippen LogP contribution in [0.2, 0.25) is 0 Å². The van der Waals surface area contributed by atoms with E-state index in [0.717, 1.165) is 29.4 Å². The molecule has 0 saturated heterocycles. The first kappa shape index (κ1) is 21.8. The summed E-state index contributed by atoms with van der Waals surface area (Å²) in [4.78, 5) is 40.8. The van der Waals surface area contributed by atoms with E-state index in [2.05, 4.69) is 12.1 Å². The Morgan fingerprint density at radius 3 is 2.53 bits per heavy atom. The van der Waals surface area contributed by atoms with Crippen LogP contribution in [0.1, 0.15) is 45.9 Å². The molecule has 2 aromatic carbocycles. The van der Waals surface area contributed by atoms with Gasteiger partial charge in [-0.15, -0.1) is 0 Å². The van der Waals surface area contributed by atoms with E-state index in [1.807, 2.05) is 54.4 Å². The van der Waals surface area contributed by atoms with Crippen LogP contribution in [0, 0.1) is 0 Å². The molecule has 166 valence electrons. The fourth-order valence-electron chi connectivity index (χ4n) is 4.57. The Balaban J connectivity index is 1.66. The summed E-state index contributed by atoms with van der Waals surface area (Å²) < 4.78 is 2.25. The van der Waals surface area contributed by atoms with E-state index in [1.165, 1.54) is 22.7 Å². The molecule has 0 amide bonds. The number of hydrogen-bond acceptors (Lipinski definition) is 5. The highest BCUT2D eigenvalue weighted by Crippen LogP contribution is 2.33. The third-order valence-corrected chi connectivity index (χ3v) is 6.31. The lowest BCUT2D eigenvalue weighted by molar-refractivity contribution is 0.0909. The molecule has 0 saturated carbocycles. The average Bonchev–Trinajstić information content (AvgIpc) is 2.81. The molecule has 1 heterocycles. The van der Waals surface area contributed by atoms with Gasteiger partial charge in [0.2, 0.25) is 0 Å². The van der Waals surface area contributed by atoms with Gasteiger partial charge in [-0.3, -0.25) is 23.6 Å². The summed E-state index contributed by atoms with van der Waals surface area (Å²) in [5.74, 6) is -0.458. The zero-order valence-corrected chi connectivity index (χ0v) is 18.5. The van der Waals surface area contributed by atoms with Crippen LogP contribution >= 0.6 is 0 Å². The van der Waals surface area contributed by atoms with Crippen molar-refractivity contribution < 1.29 is 4.79 Å². The fourth-order valence-corrected chi connectivity index (χ4v) is 4.57. The highest BCUT2D eigenvalue weighted by molar-refractivity contribution is 6.01. The minimum atomic E-state index is -0.653. The molecule has 2 N–H and O–H groups in total. The van der Waals surface area contributed by atoms with Gasteiger partial charge in [0, 0.05) is 13.1 Å². The first-order chi connectivity index (χ1) is 15.4. The number of nitrogen functional groups attached to an aromatic ring is 1. The fraction of sp³-hybridized carbons (Fsp3) is 0.320. The normalized spacial score (nSPS) is 15.5. The maximum atomic E-state index is 13.3. The molecule has 7 nitrogen and oxygen atoms in total. The van der Waals surface area contributed by atoms with E-state index in [4.69, 9.17) is 5.73 Å². The maximum Gasteiger partial charge on any atom is 0.332 e. The van der Waals surface area contributed by atoms with Crippen LogP contribution in [-0.4, -0.2) is 33.4 Å². The van der Waals surface area contributed by atoms with Crippen molar-refractivity contribution in [2.24, 2.45) is 7.05 Å². The maximum absolute atomic E-state index is 13.3. The Morgan fingerprint density at radius 1 is 1.09 bits per heavy atom. The molecule has 0 fully saturated rings. The van der Waals surface area contributed by atoms with Crippen LogP contribution in [-0.2, 0) is 20.0 Å². The summed E-state index contributed by atoms with van der Waals surface area (Å²) in [7, 11) is 3.27. The van der Waals surface area contributed by atoms with Crippen LogP contribution in [0.25, 0.3) is 0 Å². The molecule has 4 rings (SSSR count). The van der Waals surface area contributed by atoms with Gasteiger partial charge in [-0.25, -0.2) is 4.79 Å². The molecule has 1 atom stereocenters. The van der Waals surface area contributed by atoms with E-state index in [9.17, 15) is 14.4 Å². The zero-order chi connectivity index (χ0) is 22.8. The van der Waals surface area contributed by atoms with E-state index in [1.54, 1.807) is 0 Å². The number of anilines is 1. The number of nitrogens with zero attached hydrogens (tertiary/aromatic N) is 3. The smallest absolute Gasteiger partial charge is 0.332 e. The van der Waals surface area contributed by atoms with E-state index in [-0.39, 0.29) is 36.3 Å². The number of carbonyl (C=O) groups excluding carboxylic acids is 1. The molecule has 1 aromatic heterocycles. The number of aryl methyl sites for hydroxylation is 1. The van der Waals surface area contributed by atoms with Crippen molar-refractivity contribution in [3.8, 4) is 0 Å². The lowest BCUT2D eigenvalue weighted by Gasteiger charge is -2.33. The van der Waals surface area contributed by atoms with Gasteiger partial charge in [-0.1, -0.05) is 54.6 Å². The van der Waals surface area contributed by atoms with Gasteiger partial charge in [-0.2, -0.15) is 0 Å². The first-order valence-electron chi connectivity index (χ1n) is 10.8. The second-order valence-electron chi connectivity index (χ2n) is 8.42. The summed E-state index contributed by atoms with van der Waals surface area (Å²) in [5, 5.41) is 0. The lowest BCUT2D eigenvalue weighted by atomic mass is 9.87. The van der Waals surface area contributed by atoms with Gasteiger partial charge in [0.15, 0.2) is 5.78 Å². The van der Waals surface area contributed by atoms with Crippen molar-refractivity contribution in [1.29, 1.82) is 0 Å². The van der Waals surface area contributed by atoms with Crippen LogP contribution in [0.15, 0.2) is 64.2 Å². The molecule has 3 aromatic rings. The Bertz CT molecular complexity index is 1260. The highest BCUT2D eigenvalue weighted by atomic mass is 16.2. The van der Waals surface area contributed by atoms with E-state index in [0.29, 0.717) is 0 Å². The summed E-state index contributed by atoms with van der Waals surface area (Å²) >= 11 is 0. The summed E-state index contributed by atoms with van der Waals surface area (Å²) in [5.41, 5.74) is 8.31. The van der Waals surface area contributed by atoms with Gasteiger partial charge >= 0.3 is 5.69 Å². The van der Waals surface area contributed by atoms with Gasteiger partial charge in [0.1, 0.15) is 11.4 Å². The molecule has 0 aliphatic heterocycles. The molecule has 0 radical (unpaired) electrons. The predicted octanol–water partition coefficient (Wildman–Crippen LogP) is 2.37. The molecular weight excluding hydrogens is 404 g/mol. The molecule has 1 aliphatic carbocycles. The quantitative estimate of drug-likeness (QED) is 0.604. The number of fused-ring (bicyclic) bond motifs is 1. The lowest BCUT2D eigenvalue weighted by Crippen LogP contribution is -2.44. The molecule has 0 bridgehead atoms. The SMILES string of the molecule is CN(CC(=O)c1c(N)n(Cc2ccccc2)c(=O)n(C)c1=O)C1CCCc2ccccc21. The van der Waals surface area contributed by atoms with Gasteiger partial charge < -0.3 is 5.73 Å². The number of aromatic nitrogens is 2. The van der Waals surface area contributed by atoms with Crippen molar-refractivity contribution in [1.82, 2.24) is 14.0 Å². The number of likely N-dealkylation sites (N-methyl/N-ethyl adjacent to an activating group) is 1. The van der Waals surface area contributed by atoms with Crippen LogP contribution in [0.5, 0.6) is 0 Å². The molecule has 32 heavy (non-hydrogen) atoms. The van der Waals surface area contributed by atoms with E-state index >= 15 is 0 Å². The van der Waals surface area contributed by atoms with Crippen molar-refractivity contribution >= 4 is 11.6 Å². The number of nitrogens with two attached hydrogens (primary N) is 1. The third-order valence-electron chi connectivity index (χ3n) is 6.31. The van der Waals surface area contributed by atoms with Crippen LogP contribution in [0.3, 0.4) is 0 Å². The number of carbonyl (C=O) groups is 1. The minimum Gasteiger partial charge on any atom is -0.384 e. The molecule has 0 spiro atoms. The predicted molar refractivity (Wildman–Crippen MR) is 125 cm³/mol. The summed E-state index contributed by atoms with van der Waals surface area (Å²) in [6.45, 7) is 0.230. The number of benzene rings is 2. The van der Waals surface area contributed by atoms with Crippen molar-refractivity contribution in [2.45, 2.75) is 31.8 Å². The second-order valence-corrected chi connectivity index (χ2v) is 8.42.